The van der Waals surface area contributed by atoms with E-state index in [4.69, 9.17) is 0 Å². The van der Waals surface area contributed by atoms with Crippen molar-refractivity contribution in [2.24, 2.45) is 7.05 Å². The van der Waals surface area contributed by atoms with E-state index in [1.54, 1.807) is 0 Å². The number of hydrogen-bond acceptors (Lipinski definition) is 0. The molecular weight excluding hydrogens is 172 g/mol. The minimum atomic E-state index is 0.196. The van der Waals surface area contributed by atoms with Crippen LogP contribution in [0.4, 0.5) is 0 Å². The first-order valence-corrected chi connectivity index (χ1v) is 5.22. The van der Waals surface area contributed by atoms with Crippen molar-refractivity contribution in [3.63, 3.8) is 0 Å². The lowest BCUT2D eigenvalue weighted by molar-refractivity contribution is -0.736. The highest BCUT2D eigenvalue weighted by Gasteiger charge is 2.29. The predicted molar refractivity (Wildman–Crippen MR) is 59.4 cm³/mol. The molecule has 0 aromatic carbocycles. The van der Waals surface area contributed by atoms with Gasteiger partial charge >= 0.3 is 0 Å². The van der Waals surface area contributed by atoms with Crippen molar-refractivity contribution < 1.29 is 4.68 Å². The van der Waals surface area contributed by atoms with E-state index < -0.39 is 0 Å². The average Bonchev–Trinajstić information content (AvgIpc) is 2.27. The van der Waals surface area contributed by atoms with Gasteiger partial charge in [0.1, 0.15) is 0 Å². The van der Waals surface area contributed by atoms with Gasteiger partial charge in [0.15, 0.2) is 7.05 Å². The van der Waals surface area contributed by atoms with Crippen molar-refractivity contribution in [2.45, 2.75) is 52.4 Å². The second-order valence-corrected chi connectivity index (χ2v) is 6.11. The van der Waals surface area contributed by atoms with Crippen LogP contribution in [0.25, 0.3) is 0 Å². The van der Waals surface area contributed by atoms with Gasteiger partial charge in [-0.1, -0.05) is 41.5 Å². The maximum absolute atomic E-state index is 3.41. The SMILES string of the molecule is C[n+]1[nH]c(C(C)(C)C)cc1C(C)(C)C. The van der Waals surface area contributed by atoms with Crippen LogP contribution in [0.5, 0.6) is 0 Å². The Morgan fingerprint density at radius 3 is 1.71 bits per heavy atom. The van der Waals surface area contributed by atoms with E-state index in [-0.39, 0.29) is 10.8 Å². The van der Waals surface area contributed by atoms with Crippen molar-refractivity contribution in [1.82, 2.24) is 5.10 Å². The van der Waals surface area contributed by atoms with Gasteiger partial charge in [0.25, 0.3) is 0 Å². The van der Waals surface area contributed by atoms with Crippen LogP contribution in [-0.2, 0) is 17.9 Å². The number of aromatic nitrogens is 2. The normalized spacial score (nSPS) is 13.4. The topological polar surface area (TPSA) is 19.7 Å². The molecule has 2 nitrogen and oxygen atoms in total. The lowest BCUT2D eigenvalue weighted by atomic mass is 9.88. The molecule has 1 rings (SSSR count). The Morgan fingerprint density at radius 1 is 1.00 bits per heavy atom. The molecule has 1 N–H and O–H groups in total. The third-order valence-electron chi connectivity index (χ3n) is 2.51. The minimum Gasteiger partial charge on any atom is -0.169 e. The van der Waals surface area contributed by atoms with Gasteiger partial charge in [-0.15, -0.1) is 4.68 Å². The van der Waals surface area contributed by atoms with Gasteiger partial charge in [0.05, 0.1) is 5.69 Å². The molecule has 0 radical (unpaired) electrons. The molecule has 1 aromatic rings. The number of H-pyrrole nitrogens is 1. The van der Waals surface area contributed by atoms with Gasteiger partial charge in [0.2, 0.25) is 5.69 Å². The molecule has 0 spiro atoms. The Bertz CT molecular complexity index is 321. The van der Waals surface area contributed by atoms with Crippen LogP contribution < -0.4 is 4.68 Å². The molecule has 1 heterocycles. The maximum Gasteiger partial charge on any atom is 0.212 e. The van der Waals surface area contributed by atoms with Crippen molar-refractivity contribution in [1.29, 1.82) is 0 Å². The highest BCUT2D eigenvalue weighted by molar-refractivity contribution is 5.17. The summed E-state index contributed by atoms with van der Waals surface area (Å²) in [7, 11) is 2.08. The average molecular weight is 195 g/mol. The first-order chi connectivity index (χ1) is 6.12. The lowest BCUT2D eigenvalue weighted by Gasteiger charge is -2.13. The van der Waals surface area contributed by atoms with Gasteiger partial charge in [-0.3, -0.25) is 0 Å². The number of rotatable bonds is 0. The molecule has 0 amide bonds. The summed E-state index contributed by atoms with van der Waals surface area (Å²) in [5.74, 6) is 0. The van der Waals surface area contributed by atoms with Gasteiger partial charge in [-0.2, -0.15) is 5.10 Å². The smallest absolute Gasteiger partial charge is 0.169 e. The Kier molecular flexibility index (Phi) is 2.51. The summed E-state index contributed by atoms with van der Waals surface area (Å²) in [6, 6.07) is 2.28. The molecule has 14 heavy (non-hydrogen) atoms. The van der Waals surface area contributed by atoms with E-state index in [0.717, 1.165) is 0 Å². The first kappa shape index (κ1) is 11.3. The highest BCUT2D eigenvalue weighted by atomic mass is 15.3. The summed E-state index contributed by atoms with van der Waals surface area (Å²) >= 11 is 0. The molecular formula is C12H23N2+. The van der Waals surface area contributed by atoms with E-state index >= 15 is 0 Å². The lowest BCUT2D eigenvalue weighted by Crippen LogP contribution is -2.40. The Balaban J connectivity index is 3.19. The second-order valence-electron chi connectivity index (χ2n) is 6.11. The van der Waals surface area contributed by atoms with Gasteiger partial charge in [0, 0.05) is 16.9 Å². The maximum atomic E-state index is 3.41. The number of hydrogen-bond donors (Lipinski definition) is 1. The van der Waals surface area contributed by atoms with E-state index in [1.165, 1.54) is 11.4 Å². The summed E-state index contributed by atoms with van der Waals surface area (Å²) in [5, 5.41) is 3.41. The molecule has 80 valence electrons. The Labute approximate surface area is 87.3 Å². The van der Waals surface area contributed by atoms with Crippen LogP contribution in [0.3, 0.4) is 0 Å². The summed E-state index contributed by atoms with van der Waals surface area (Å²) in [6.07, 6.45) is 0. The largest absolute Gasteiger partial charge is 0.212 e. The van der Waals surface area contributed by atoms with Gasteiger partial charge in [-0.25, -0.2) is 0 Å². The first-order valence-electron chi connectivity index (χ1n) is 5.22. The van der Waals surface area contributed by atoms with E-state index in [2.05, 4.69) is 64.4 Å². The molecule has 0 saturated heterocycles. The number of aryl methyl sites for hydroxylation is 1. The number of nitrogens with one attached hydrogen (secondary N) is 1. The molecule has 0 aliphatic heterocycles. The molecule has 0 fully saturated rings. The van der Waals surface area contributed by atoms with Crippen molar-refractivity contribution >= 4 is 0 Å². The molecule has 0 saturated carbocycles. The molecule has 0 aliphatic carbocycles. The summed E-state index contributed by atoms with van der Waals surface area (Å²) < 4.78 is 2.13. The van der Waals surface area contributed by atoms with Crippen LogP contribution in [-0.4, -0.2) is 5.10 Å². The Hall–Kier alpha value is -0.790. The monoisotopic (exact) mass is 195 g/mol. The number of nitrogens with zero attached hydrogens (tertiary/aromatic N) is 1. The summed E-state index contributed by atoms with van der Waals surface area (Å²) in [5.41, 5.74) is 3.04. The summed E-state index contributed by atoms with van der Waals surface area (Å²) in [6.45, 7) is 13.4. The zero-order chi connectivity index (χ0) is 11.1. The van der Waals surface area contributed by atoms with Gasteiger partial charge < -0.3 is 0 Å². The molecule has 0 unspecified atom stereocenters. The minimum absolute atomic E-state index is 0.196. The van der Waals surface area contributed by atoms with Crippen molar-refractivity contribution in [3.8, 4) is 0 Å². The Morgan fingerprint density at radius 2 is 1.50 bits per heavy atom. The third-order valence-corrected chi connectivity index (χ3v) is 2.51. The van der Waals surface area contributed by atoms with E-state index in [1.807, 2.05) is 0 Å². The quantitative estimate of drug-likeness (QED) is 0.613. The molecule has 2 heteroatoms. The highest BCUT2D eigenvalue weighted by Crippen LogP contribution is 2.25. The molecule has 1 aromatic heterocycles. The molecule has 0 bridgehead atoms. The zero-order valence-electron chi connectivity index (χ0n) is 10.5. The fourth-order valence-corrected chi connectivity index (χ4v) is 1.61. The van der Waals surface area contributed by atoms with Crippen LogP contribution in [0.15, 0.2) is 6.07 Å². The van der Waals surface area contributed by atoms with E-state index in [0.29, 0.717) is 0 Å². The number of aromatic amines is 1. The predicted octanol–water partition coefficient (Wildman–Crippen LogP) is 2.43. The van der Waals surface area contributed by atoms with Crippen molar-refractivity contribution in [2.75, 3.05) is 0 Å². The van der Waals surface area contributed by atoms with Crippen LogP contribution in [0, 0.1) is 0 Å². The molecule has 0 aliphatic rings. The zero-order valence-corrected chi connectivity index (χ0v) is 10.5. The summed E-state index contributed by atoms with van der Waals surface area (Å²) in [4.78, 5) is 0. The second kappa shape index (κ2) is 3.11. The van der Waals surface area contributed by atoms with Crippen LogP contribution in [0.2, 0.25) is 0 Å². The fraction of sp³-hybridized carbons (Fsp3) is 0.750. The van der Waals surface area contributed by atoms with Crippen LogP contribution in [0.1, 0.15) is 52.9 Å². The molecule has 0 atom stereocenters. The third kappa shape index (κ3) is 2.17. The van der Waals surface area contributed by atoms with Gasteiger partial charge in [-0.05, 0) is 0 Å². The fourth-order valence-electron chi connectivity index (χ4n) is 1.61. The van der Waals surface area contributed by atoms with Crippen molar-refractivity contribution in [3.05, 3.63) is 17.5 Å². The standard InChI is InChI=1S/C12H22N2/c1-11(2,3)9-8-10(12(4,5)6)14(7)13-9/h8H,1-7H3/p+1. The van der Waals surface area contributed by atoms with E-state index in [9.17, 15) is 0 Å². The van der Waals surface area contributed by atoms with Crippen LogP contribution >= 0.6 is 0 Å².